The summed E-state index contributed by atoms with van der Waals surface area (Å²) in [7, 11) is 0. The summed E-state index contributed by atoms with van der Waals surface area (Å²) in [5.41, 5.74) is 7.38. The fourth-order valence-electron chi connectivity index (χ4n) is 1.71. The number of thioether (sulfide) groups is 1. The van der Waals surface area contributed by atoms with Crippen LogP contribution >= 0.6 is 11.8 Å². The van der Waals surface area contributed by atoms with Gasteiger partial charge in [-0.1, -0.05) is 24.6 Å². The average Bonchev–Trinajstić information content (AvgIpc) is 2.36. The lowest BCUT2D eigenvalue weighted by Crippen LogP contribution is -2.26. The Balaban J connectivity index is 2.16. The number of anilines is 1. The van der Waals surface area contributed by atoms with E-state index in [2.05, 4.69) is 11.6 Å². The first-order valence-corrected chi connectivity index (χ1v) is 7.72. The maximum absolute atomic E-state index is 11.7. The van der Waals surface area contributed by atoms with Crippen molar-refractivity contribution in [3.8, 4) is 0 Å². The number of hydrogen-bond acceptors (Lipinski definition) is 3. The molecule has 0 saturated heterocycles. The molecule has 0 aliphatic rings. The molecule has 0 unspecified atom stereocenters. The minimum absolute atomic E-state index is 0.0535. The molecule has 0 aromatic heterocycles. The van der Waals surface area contributed by atoms with Gasteiger partial charge in [0.15, 0.2) is 0 Å². The van der Waals surface area contributed by atoms with Crippen LogP contribution < -0.4 is 11.1 Å². The quantitative estimate of drug-likeness (QED) is 0.561. The highest BCUT2D eigenvalue weighted by molar-refractivity contribution is 7.98. The smallest absolute Gasteiger partial charge is 0.224 e. The number of nitrogens with one attached hydrogen (secondary N) is 1. The number of carbonyl (C=O) groups is 1. The molecule has 0 aliphatic carbocycles. The van der Waals surface area contributed by atoms with Gasteiger partial charge in [-0.25, -0.2) is 0 Å². The predicted molar refractivity (Wildman–Crippen MR) is 79.8 cm³/mol. The molecule has 3 nitrogen and oxygen atoms in total. The maximum atomic E-state index is 11.7. The van der Waals surface area contributed by atoms with Crippen molar-refractivity contribution in [1.29, 1.82) is 0 Å². The van der Waals surface area contributed by atoms with Gasteiger partial charge >= 0.3 is 0 Å². The molecular weight excluding hydrogens is 244 g/mol. The van der Waals surface area contributed by atoms with E-state index in [1.165, 1.54) is 18.6 Å². The summed E-state index contributed by atoms with van der Waals surface area (Å²) in [6.07, 6.45) is 5.94. The molecule has 0 radical (unpaired) electrons. The Bertz CT molecular complexity index is 369. The molecule has 0 atom stereocenters. The lowest BCUT2D eigenvalue weighted by molar-refractivity contribution is -0.120. The molecule has 4 heteroatoms. The third kappa shape index (κ3) is 5.96. The summed E-state index contributed by atoms with van der Waals surface area (Å²) in [4.78, 5) is 11.7. The molecule has 18 heavy (non-hydrogen) atoms. The molecule has 1 amide bonds. The topological polar surface area (TPSA) is 55.1 Å². The summed E-state index contributed by atoms with van der Waals surface area (Å²) in [5.74, 6) is 1.26. The van der Waals surface area contributed by atoms with Crippen LogP contribution in [-0.4, -0.2) is 24.5 Å². The zero-order valence-corrected chi connectivity index (χ0v) is 11.8. The van der Waals surface area contributed by atoms with Crippen LogP contribution in [0.5, 0.6) is 0 Å². The van der Waals surface area contributed by atoms with E-state index in [1.54, 1.807) is 0 Å². The minimum atomic E-state index is 0.0535. The lowest BCUT2D eigenvalue weighted by atomic mass is 10.1. The van der Waals surface area contributed by atoms with E-state index < -0.39 is 0 Å². The second-order valence-electron chi connectivity index (χ2n) is 4.28. The van der Waals surface area contributed by atoms with Gasteiger partial charge in [-0.15, -0.1) is 0 Å². The molecule has 0 aliphatic heterocycles. The number of nitrogens with two attached hydrogens (primary N) is 1. The minimum Gasteiger partial charge on any atom is -0.398 e. The Morgan fingerprint density at radius 3 is 2.78 bits per heavy atom. The Kier molecular flexibility index (Phi) is 7.34. The number of nitrogen functional groups attached to an aromatic ring is 1. The lowest BCUT2D eigenvalue weighted by Gasteiger charge is -2.07. The second-order valence-corrected chi connectivity index (χ2v) is 5.26. The van der Waals surface area contributed by atoms with E-state index >= 15 is 0 Å². The highest BCUT2D eigenvalue weighted by Gasteiger charge is 2.04. The van der Waals surface area contributed by atoms with Crippen LogP contribution in [0.15, 0.2) is 24.3 Å². The van der Waals surface area contributed by atoms with E-state index in [0.717, 1.165) is 18.5 Å². The third-order valence-electron chi connectivity index (χ3n) is 2.75. The van der Waals surface area contributed by atoms with E-state index in [9.17, 15) is 4.79 Å². The Labute approximate surface area is 114 Å². The largest absolute Gasteiger partial charge is 0.398 e. The number of hydrogen-bond donors (Lipinski definition) is 2. The molecule has 0 heterocycles. The fourth-order valence-corrected chi connectivity index (χ4v) is 2.20. The Morgan fingerprint density at radius 1 is 1.28 bits per heavy atom. The SMILES string of the molecule is CSCCCCCNC(=O)Cc1ccccc1N. The first-order valence-electron chi connectivity index (χ1n) is 6.33. The molecule has 3 N–H and O–H groups in total. The monoisotopic (exact) mass is 266 g/mol. The highest BCUT2D eigenvalue weighted by Crippen LogP contribution is 2.10. The van der Waals surface area contributed by atoms with Crippen LogP contribution in [-0.2, 0) is 11.2 Å². The van der Waals surface area contributed by atoms with E-state index in [-0.39, 0.29) is 5.91 Å². The molecule has 0 spiro atoms. The standard InChI is InChI=1S/C14H22N2OS/c1-18-10-6-2-5-9-16-14(17)11-12-7-3-4-8-13(12)15/h3-4,7-8H,2,5-6,9-11,15H2,1H3,(H,16,17). The Morgan fingerprint density at radius 2 is 2.06 bits per heavy atom. The summed E-state index contributed by atoms with van der Waals surface area (Å²) < 4.78 is 0. The van der Waals surface area contributed by atoms with Gasteiger partial charge in [0, 0.05) is 12.2 Å². The van der Waals surface area contributed by atoms with Crippen molar-refractivity contribution in [2.24, 2.45) is 0 Å². The average molecular weight is 266 g/mol. The van der Waals surface area contributed by atoms with Gasteiger partial charge in [0.05, 0.1) is 6.42 Å². The van der Waals surface area contributed by atoms with Gasteiger partial charge in [0.25, 0.3) is 0 Å². The third-order valence-corrected chi connectivity index (χ3v) is 3.45. The Hall–Kier alpha value is -1.16. The summed E-state index contributed by atoms with van der Waals surface area (Å²) >= 11 is 1.87. The zero-order valence-electron chi connectivity index (χ0n) is 10.9. The molecular formula is C14H22N2OS. The van der Waals surface area contributed by atoms with Crippen LogP contribution in [0.3, 0.4) is 0 Å². The highest BCUT2D eigenvalue weighted by atomic mass is 32.2. The molecule has 0 bridgehead atoms. The maximum Gasteiger partial charge on any atom is 0.224 e. The van der Waals surface area contributed by atoms with Crippen molar-refractivity contribution in [3.63, 3.8) is 0 Å². The van der Waals surface area contributed by atoms with Crippen molar-refractivity contribution >= 4 is 23.4 Å². The van der Waals surface area contributed by atoms with Crippen LogP contribution in [0.4, 0.5) is 5.69 Å². The van der Waals surface area contributed by atoms with Crippen LogP contribution in [0.1, 0.15) is 24.8 Å². The summed E-state index contributed by atoms with van der Waals surface area (Å²) in [5, 5.41) is 2.93. The molecule has 1 rings (SSSR count). The van der Waals surface area contributed by atoms with Crippen LogP contribution in [0.2, 0.25) is 0 Å². The second kappa shape index (κ2) is 8.86. The van der Waals surface area contributed by atoms with Gasteiger partial charge in [-0.3, -0.25) is 4.79 Å². The summed E-state index contributed by atoms with van der Waals surface area (Å²) in [6, 6.07) is 7.50. The van der Waals surface area contributed by atoms with Crippen molar-refractivity contribution in [3.05, 3.63) is 29.8 Å². The van der Waals surface area contributed by atoms with Crippen LogP contribution in [0.25, 0.3) is 0 Å². The predicted octanol–water partition coefficient (Wildman–Crippen LogP) is 2.46. The number of unbranched alkanes of at least 4 members (excludes halogenated alkanes) is 2. The van der Waals surface area contributed by atoms with Crippen LogP contribution in [0, 0.1) is 0 Å². The van der Waals surface area contributed by atoms with E-state index in [4.69, 9.17) is 5.73 Å². The fraction of sp³-hybridized carbons (Fsp3) is 0.500. The number of benzene rings is 1. The van der Waals surface area contributed by atoms with E-state index in [1.807, 2.05) is 36.0 Å². The van der Waals surface area contributed by atoms with Gasteiger partial charge in [-0.05, 0) is 36.5 Å². The molecule has 1 aromatic rings. The summed E-state index contributed by atoms with van der Waals surface area (Å²) in [6.45, 7) is 0.764. The van der Waals surface area contributed by atoms with Crippen molar-refractivity contribution in [2.75, 3.05) is 24.3 Å². The molecule has 1 aromatic carbocycles. The van der Waals surface area contributed by atoms with Gasteiger partial charge in [-0.2, -0.15) is 11.8 Å². The normalized spacial score (nSPS) is 10.3. The molecule has 0 saturated carbocycles. The van der Waals surface area contributed by atoms with Gasteiger partial charge in [0.1, 0.15) is 0 Å². The van der Waals surface area contributed by atoms with Gasteiger partial charge in [0.2, 0.25) is 5.91 Å². The number of para-hydroxylation sites is 1. The van der Waals surface area contributed by atoms with Crippen molar-refractivity contribution in [1.82, 2.24) is 5.32 Å². The number of amides is 1. The van der Waals surface area contributed by atoms with E-state index in [0.29, 0.717) is 12.1 Å². The zero-order chi connectivity index (χ0) is 13.2. The number of carbonyl (C=O) groups excluding carboxylic acids is 1. The van der Waals surface area contributed by atoms with Gasteiger partial charge < -0.3 is 11.1 Å². The van der Waals surface area contributed by atoms with Crippen molar-refractivity contribution in [2.45, 2.75) is 25.7 Å². The molecule has 100 valence electrons. The van der Waals surface area contributed by atoms with Crippen molar-refractivity contribution < 1.29 is 4.79 Å². The first-order chi connectivity index (χ1) is 8.74. The number of rotatable bonds is 8. The first kappa shape index (κ1) is 14.9. The molecule has 0 fully saturated rings.